The number of nitrogens with one attached hydrogen (secondary N) is 2. The minimum Gasteiger partial charge on any atom is -0.378 e. The van der Waals surface area contributed by atoms with Gasteiger partial charge in [-0.25, -0.2) is 9.37 Å². The minimum absolute atomic E-state index is 0.00992. The molecular formula is C18H17FN4O. The van der Waals surface area contributed by atoms with Crippen LogP contribution in [0.5, 0.6) is 0 Å². The SMILES string of the molecule is CN(C)c1ccc(C(=O)Nc2ccc(-c3ncc[nH]3)cc2)c(F)c1. The topological polar surface area (TPSA) is 61.0 Å². The first-order valence-corrected chi connectivity index (χ1v) is 7.42. The van der Waals surface area contributed by atoms with Crippen LogP contribution in [-0.2, 0) is 0 Å². The molecule has 6 heteroatoms. The van der Waals surface area contributed by atoms with Crippen LogP contribution in [-0.4, -0.2) is 30.0 Å². The van der Waals surface area contributed by atoms with E-state index in [2.05, 4.69) is 15.3 Å². The van der Waals surface area contributed by atoms with E-state index in [1.807, 2.05) is 26.2 Å². The molecule has 0 aliphatic heterocycles. The minimum atomic E-state index is -0.550. The molecule has 0 aliphatic rings. The highest BCUT2D eigenvalue weighted by molar-refractivity contribution is 6.04. The maximum absolute atomic E-state index is 14.1. The van der Waals surface area contributed by atoms with Crippen molar-refractivity contribution in [3.63, 3.8) is 0 Å². The third kappa shape index (κ3) is 3.27. The van der Waals surface area contributed by atoms with Crippen LogP contribution in [0.1, 0.15) is 10.4 Å². The molecule has 0 spiro atoms. The third-order valence-electron chi connectivity index (χ3n) is 3.63. The molecule has 0 aliphatic carbocycles. The number of carbonyl (C=O) groups is 1. The molecule has 0 saturated carbocycles. The monoisotopic (exact) mass is 324 g/mol. The fourth-order valence-corrected chi connectivity index (χ4v) is 2.30. The number of rotatable bonds is 4. The summed E-state index contributed by atoms with van der Waals surface area (Å²) in [4.78, 5) is 21.2. The van der Waals surface area contributed by atoms with Gasteiger partial charge in [-0.2, -0.15) is 0 Å². The van der Waals surface area contributed by atoms with E-state index in [0.29, 0.717) is 11.4 Å². The number of imidazole rings is 1. The second kappa shape index (κ2) is 6.54. The van der Waals surface area contributed by atoms with Crippen molar-refractivity contribution in [2.24, 2.45) is 0 Å². The molecule has 2 aromatic carbocycles. The van der Waals surface area contributed by atoms with E-state index in [-0.39, 0.29) is 5.56 Å². The molecule has 2 N–H and O–H groups in total. The predicted octanol–water partition coefficient (Wildman–Crippen LogP) is 3.53. The van der Waals surface area contributed by atoms with E-state index in [4.69, 9.17) is 0 Å². The van der Waals surface area contributed by atoms with Crippen LogP contribution < -0.4 is 10.2 Å². The lowest BCUT2D eigenvalue weighted by molar-refractivity contribution is 0.102. The zero-order valence-electron chi connectivity index (χ0n) is 13.4. The van der Waals surface area contributed by atoms with Gasteiger partial charge in [-0.05, 0) is 42.5 Å². The van der Waals surface area contributed by atoms with Gasteiger partial charge in [0.1, 0.15) is 11.6 Å². The van der Waals surface area contributed by atoms with Crippen molar-refractivity contribution in [2.75, 3.05) is 24.3 Å². The molecule has 0 unspecified atom stereocenters. The fraction of sp³-hybridized carbons (Fsp3) is 0.111. The molecule has 24 heavy (non-hydrogen) atoms. The number of hydrogen-bond acceptors (Lipinski definition) is 3. The lowest BCUT2D eigenvalue weighted by atomic mass is 10.1. The molecule has 0 bridgehead atoms. The van der Waals surface area contributed by atoms with Gasteiger partial charge in [-0.15, -0.1) is 0 Å². The molecule has 5 nitrogen and oxygen atoms in total. The van der Waals surface area contributed by atoms with Crippen molar-refractivity contribution < 1.29 is 9.18 Å². The Morgan fingerprint density at radius 2 is 1.92 bits per heavy atom. The summed E-state index contributed by atoms with van der Waals surface area (Å²) in [7, 11) is 3.63. The number of amides is 1. The van der Waals surface area contributed by atoms with E-state index in [1.54, 1.807) is 35.5 Å². The van der Waals surface area contributed by atoms with Crippen molar-refractivity contribution in [2.45, 2.75) is 0 Å². The lowest BCUT2D eigenvalue weighted by Crippen LogP contribution is -2.15. The Balaban J connectivity index is 1.75. The summed E-state index contributed by atoms with van der Waals surface area (Å²) in [5, 5.41) is 2.70. The summed E-state index contributed by atoms with van der Waals surface area (Å²) in [6.07, 6.45) is 3.41. The normalized spacial score (nSPS) is 10.5. The molecule has 122 valence electrons. The zero-order valence-corrected chi connectivity index (χ0v) is 13.4. The summed E-state index contributed by atoms with van der Waals surface area (Å²) < 4.78 is 14.1. The second-order valence-corrected chi connectivity index (χ2v) is 5.53. The van der Waals surface area contributed by atoms with Crippen molar-refractivity contribution >= 4 is 17.3 Å². The second-order valence-electron chi connectivity index (χ2n) is 5.53. The smallest absolute Gasteiger partial charge is 0.258 e. The molecule has 0 radical (unpaired) electrons. The van der Waals surface area contributed by atoms with E-state index < -0.39 is 11.7 Å². The highest BCUT2D eigenvalue weighted by atomic mass is 19.1. The highest BCUT2D eigenvalue weighted by Crippen LogP contribution is 2.20. The predicted molar refractivity (Wildman–Crippen MR) is 92.7 cm³/mol. The zero-order chi connectivity index (χ0) is 17.1. The summed E-state index contributed by atoms with van der Waals surface area (Å²) in [6, 6.07) is 11.7. The van der Waals surface area contributed by atoms with E-state index in [1.165, 1.54) is 12.1 Å². The molecule has 0 atom stereocenters. The van der Waals surface area contributed by atoms with E-state index >= 15 is 0 Å². The van der Waals surface area contributed by atoms with Crippen LogP contribution in [0.2, 0.25) is 0 Å². The fourth-order valence-electron chi connectivity index (χ4n) is 2.30. The van der Waals surface area contributed by atoms with Crippen LogP contribution in [0.3, 0.4) is 0 Å². The van der Waals surface area contributed by atoms with Gasteiger partial charge in [-0.1, -0.05) is 0 Å². The highest BCUT2D eigenvalue weighted by Gasteiger charge is 2.13. The molecule has 3 rings (SSSR count). The first kappa shape index (κ1) is 15.7. The van der Waals surface area contributed by atoms with Crippen LogP contribution in [0.25, 0.3) is 11.4 Å². The molecule has 1 heterocycles. The number of anilines is 2. The average molecular weight is 324 g/mol. The Morgan fingerprint density at radius 3 is 2.50 bits per heavy atom. The van der Waals surface area contributed by atoms with Gasteiger partial charge in [0, 0.05) is 43.4 Å². The van der Waals surface area contributed by atoms with Crippen molar-refractivity contribution in [3.8, 4) is 11.4 Å². The van der Waals surface area contributed by atoms with E-state index in [9.17, 15) is 9.18 Å². The van der Waals surface area contributed by atoms with Gasteiger partial charge < -0.3 is 15.2 Å². The van der Waals surface area contributed by atoms with Crippen LogP contribution >= 0.6 is 0 Å². The van der Waals surface area contributed by atoms with Gasteiger partial charge in [0.2, 0.25) is 0 Å². The molecule has 1 amide bonds. The first-order chi connectivity index (χ1) is 11.5. The Hall–Kier alpha value is -3.15. The summed E-state index contributed by atoms with van der Waals surface area (Å²) in [6.45, 7) is 0. The van der Waals surface area contributed by atoms with Crippen LogP contribution in [0, 0.1) is 5.82 Å². The third-order valence-corrected chi connectivity index (χ3v) is 3.63. The number of benzene rings is 2. The summed E-state index contributed by atoms with van der Waals surface area (Å²) >= 11 is 0. The molecule has 1 aromatic heterocycles. The molecular weight excluding hydrogens is 307 g/mol. The first-order valence-electron chi connectivity index (χ1n) is 7.42. The Kier molecular flexibility index (Phi) is 4.29. The number of nitrogens with zero attached hydrogens (tertiary/aromatic N) is 2. The van der Waals surface area contributed by atoms with Gasteiger partial charge >= 0.3 is 0 Å². The number of aromatic amines is 1. The number of halogens is 1. The maximum Gasteiger partial charge on any atom is 0.258 e. The van der Waals surface area contributed by atoms with Crippen molar-refractivity contribution in [1.82, 2.24) is 9.97 Å². The lowest BCUT2D eigenvalue weighted by Gasteiger charge is -2.13. The molecule has 0 saturated heterocycles. The largest absolute Gasteiger partial charge is 0.378 e. The Morgan fingerprint density at radius 1 is 1.17 bits per heavy atom. The summed E-state index contributed by atoms with van der Waals surface area (Å²) in [5.74, 6) is -0.285. The van der Waals surface area contributed by atoms with Gasteiger partial charge in [0.25, 0.3) is 5.91 Å². The van der Waals surface area contributed by atoms with Crippen molar-refractivity contribution in [3.05, 3.63) is 66.2 Å². The van der Waals surface area contributed by atoms with Gasteiger partial charge in [0.15, 0.2) is 0 Å². The van der Waals surface area contributed by atoms with Gasteiger partial charge in [0.05, 0.1) is 5.56 Å². The van der Waals surface area contributed by atoms with Crippen molar-refractivity contribution in [1.29, 1.82) is 0 Å². The number of hydrogen-bond donors (Lipinski definition) is 2. The molecule has 3 aromatic rings. The quantitative estimate of drug-likeness (QED) is 0.772. The number of H-pyrrole nitrogens is 1. The van der Waals surface area contributed by atoms with Crippen LogP contribution in [0.15, 0.2) is 54.9 Å². The standard InChI is InChI=1S/C18H17FN4O/c1-23(2)14-7-8-15(16(19)11-14)18(24)22-13-5-3-12(4-6-13)17-20-9-10-21-17/h3-11H,1-2H3,(H,20,21)(H,22,24). The number of aromatic nitrogens is 2. The molecule has 0 fully saturated rings. The van der Waals surface area contributed by atoms with Gasteiger partial charge in [-0.3, -0.25) is 4.79 Å². The number of carbonyl (C=O) groups excluding carboxylic acids is 1. The summed E-state index contributed by atoms with van der Waals surface area (Å²) in [5.41, 5.74) is 2.20. The van der Waals surface area contributed by atoms with Crippen LogP contribution in [0.4, 0.5) is 15.8 Å². The average Bonchev–Trinajstić information content (AvgIpc) is 3.09. The maximum atomic E-state index is 14.1. The Bertz CT molecular complexity index is 842. The van der Waals surface area contributed by atoms with E-state index in [0.717, 1.165) is 11.4 Å². The Labute approximate surface area is 139 Å².